The van der Waals surface area contributed by atoms with Crippen molar-refractivity contribution in [3.05, 3.63) is 0 Å². The highest BCUT2D eigenvalue weighted by atomic mass is 19.3. The highest BCUT2D eigenvalue weighted by molar-refractivity contribution is 5.91. The van der Waals surface area contributed by atoms with Crippen molar-refractivity contribution in [3.63, 3.8) is 0 Å². The first kappa shape index (κ1) is 24.0. The van der Waals surface area contributed by atoms with E-state index in [9.17, 15) is 28.0 Å². The van der Waals surface area contributed by atoms with Crippen LogP contribution in [-0.2, 0) is 19.2 Å². The summed E-state index contributed by atoms with van der Waals surface area (Å²) in [5, 5.41) is 7.23. The average Bonchev–Trinajstić information content (AvgIpc) is 2.61. The van der Waals surface area contributed by atoms with E-state index < -0.39 is 35.1 Å². The lowest BCUT2D eigenvalue weighted by Gasteiger charge is -2.57. The summed E-state index contributed by atoms with van der Waals surface area (Å²) < 4.78 is 28.9. The number of hydrogen-bond donors (Lipinski definition) is 3. The first-order valence-electron chi connectivity index (χ1n) is 10.1. The van der Waals surface area contributed by atoms with Gasteiger partial charge in [0.25, 0.3) is 5.92 Å². The Morgan fingerprint density at radius 3 is 2.37 bits per heavy atom. The number of amides is 4. The van der Waals surface area contributed by atoms with E-state index in [1.807, 2.05) is 13.8 Å². The molecule has 0 aromatic rings. The Kier molecular flexibility index (Phi) is 7.73. The van der Waals surface area contributed by atoms with E-state index in [0.29, 0.717) is 25.8 Å². The lowest BCUT2D eigenvalue weighted by molar-refractivity contribution is -0.221. The van der Waals surface area contributed by atoms with Crippen LogP contribution in [0.25, 0.3) is 0 Å². The van der Waals surface area contributed by atoms with Gasteiger partial charge in [0.05, 0.1) is 25.0 Å². The molecule has 2 aliphatic heterocycles. The van der Waals surface area contributed by atoms with E-state index in [1.54, 1.807) is 11.9 Å². The number of alkyl halides is 2. The highest BCUT2D eigenvalue weighted by Crippen LogP contribution is 2.49. The molecule has 11 heteroatoms. The molecule has 0 radical (unpaired) electrons. The van der Waals surface area contributed by atoms with Gasteiger partial charge in [-0.2, -0.15) is 0 Å². The molecule has 30 heavy (non-hydrogen) atoms. The number of nitrogens with zero attached hydrogens (tertiary/aromatic N) is 2. The molecular weight excluding hydrogens is 400 g/mol. The number of hydrogen-bond acceptors (Lipinski definition) is 5. The zero-order valence-corrected chi connectivity index (χ0v) is 17.7. The third-order valence-electron chi connectivity index (χ3n) is 5.67. The number of nitrogens with one attached hydrogen (secondary N) is 3. The van der Waals surface area contributed by atoms with Crippen LogP contribution < -0.4 is 16.0 Å². The summed E-state index contributed by atoms with van der Waals surface area (Å²) in [5.41, 5.74) is -1.18. The van der Waals surface area contributed by atoms with Crippen molar-refractivity contribution in [2.45, 2.75) is 38.7 Å². The fraction of sp³-hybridized carbons (Fsp3) is 0.789. The van der Waals surface area contributed by atoms with Gasteiger partial charge in [-0.1, -0.05) is 13.8 Å². The van der Waals surface area contributed by atoms with E-state index in [4.69, 9.17) is 0 Å². The Morgan fingerprint density at radius 2 is 1.80 bits per heavy atom. The van der Waals surface area contributed by atoms with Crippen molar-refractivity contribution in [1.29, 1.82) is 0 Å². The predicted octanol–water partition coefficient (Wildman–Crippen LogP) is -0.821. The Bertz CT molecular complexity index is 667. The molecule has 2 fully saturated rings. The summed E-state index contributed by atoms with van der Waals surface area (Å²) in [7, 11) is 1.65. The van der Waals surface area contributed by atoms with Crippen molar-refractivity contribution in [3.8, 4) is 0 Å². The fourth-order valence-electron chi connectivity index (χ4n) is 3.90. The molecule has 4 amide bonds. The van der Waals surface area contributed by atoms with Crippen molar-refractivity contribution in [2.75, 3.05) is 46.3 Å². The van der Waals surface area contributed by atoms with Crippen LogP contribution in [0.4, 0.5) is 8.78 Å². The third kappa shape index (κ3) is 5.65. The van der Waals surface area contributed by atoms with Crippen LogP contribution >= 0.6 is 0 Å². The Labute approximate surface area is 174 Å². The van der Waals surface area contributed by atoms with Crippen molar-refractivity contribution in [1.82, 2.24) is 25.8 Å². The molecule has 1 atom stereocenters. The van der Waals surface area contributed by atoms with Crippen LogP contribution in [0.5, 0.6) is 0 Å². The van der Waals surface area contributed by atoms with Gasteiger partial charge in [0.1, 0.15) is 6.04 Å². The molecule has 1 spiro atoms. The first-order chi connectivity index (χ1) is 14.0. The van der Waals surface area contributed by atoms with Gasteiger partial charge in [-0.25, -0.2) is 8.78 Å². The summed E-state index contributed by atoms with van der Waals surface area (Å²) in [6, 6.07) is -0.861. The molecule has 0 aromatic carbocycles. The van der Waals surface area contributed by atoms with Crippen LogP contribution in [0.15, 0.2) is 0 Å². The maximum Gasteiger partial charge on any atom is 0.269 e. The van der Waals surface area contributed by atoms with Gasteiger partial charge in [0.15, 0.2) is 0 Å². The molecule has 1 unspecified atom stereocenters. The third-order valence-corrected chi connectivity index (χ3v) is 5.67. The monoisotopic (exact) mass is 431 g/mol. The van der Waals surface area contributed by atoms with Gasteiger partial charge in [0, 0.05) is 13.1 Å². The normalized spacial score (nSPS) is 20.9. The van der Waals surface area contributed by atoms with E-state index in [0.717, 1.165) is 0 Å². The Morgan fingerprint density at radius 1 is 1.13 bits per heavy atom. The summed E-state index contributed by atoms with van der Waals surface area (Å²) in [6.07, 6.45) is 1.05. The molecule has 2 aliphatic rings. The average molecular weight is 431 g/mol. The van der Waals surface area contributed by atoms with Crippen LogP contribution in [0.1, 0.15) is 26.7 Å². The van der Waals surface area contributed by atoms with Crippen molar-refractivity contribution < 1.29 is 28.0 Å². The summed E-state index contributed by atoms with van der Waals surface area (Å²) >= 11 is 0. The molecule has 0 saturated carbocycles. The number of carbonyl (C=O) groups excluding carboxylic acids is 4. The van der Waals surface area contributed by atoms with Crippen LogP contribution in [0.3, 0.4) is 0 Å². The summed E-state index contributed by atoms with van der Waals surface area (Å²) in [4.78, 5) is 49.8. The van der Waals surface area contributed by atoms with Crippen LogP contribution in [0.2, 0.25) is 0 Å². The number of rotatable bonds is 9. The molecule has 9 nitrogen and oxygen atoms in total. The summed E-state index contributed by atoms with van der Waals surface area (Å²) in [5.74, 6) is -4.25. The van der Waals surface area contributed by atoms with E-state index in [1.165, 1.54) is 4.90 Å². The molecule has 0 aliphatic carbocycles. The second kappa shape index (κ2) is 9.67. The first-order valence-corrected chi connectivity index (χ1v) is 10.1. The van der Waals surface area contributed by atoms with Gasteiger partial charge >= 0.3 is 0 Å². The lowest BCUT2D eigenvalue weighted by atomic mass is 9.69. The lowest BCUT2D eigenvalue weighted by Crippen LogP contribution is -2.71. The minimum atomic E-state index is -2.86. The SMILES string of the molecule is CC(C)CC(NC(=O)CNC=O)C(=O)NCC(=O)N1CC2(CCN(C)CC2(F)F)C1. The Hall–Kier alpha value is -2.30. The van der Waals surface area contributed by atoms with Gasteiger partial charge in [0.2, 0.25) is 24.1 Å². The fourth-order valence-corrected chi connectivity index (χ4v) is 3.90. The second-order valence-corrected chi connectivity index (χ2v) is 8.69. The zero-order chi connectivity index (χ0) is 22.5. The van der Waals surface area contributed by atoms with E-state index >= 15 is 0 Å². The molecule has 2 rings (SSSR count). The van der Waals surface area contributed by atoms with Gasteiger partial charge in [-0.15, -0.1) is 0 Å². The largest absolute Gasteiger partial charge is 0.350 e. The highest BCUT2D eigenvalue weighted by Gasteiger charge is 2.62. The second-order valence-electron chi connectivity index (χ2n) is 8.69. The minimum Gasteiger partial charge on any atom is -0.350 e. The van der Waals surface area contributed by atoms with Crippen molar-refractivity contribution in [2.24, 2.45) is 11.3 Å². The maximum atomic E-state index is 14.4. The molecular formula is C19H31F2N5O4. The number of piperidine rings is 1. The molecule has 0 bridgehead atoms. The predicted molar refractivity (Wildman–Crippen MR) is 105 cm³/mol. The zero-order valence-electron chi connectivity index (χ0n) is 17.7. The topological polar surface area (TPSA) is 111 Å². The molecule has 170 valence electrons. The Balaban J connectivity index is 1.84. The van der Waals surface area contributed by atoms with Gasteiger partial charge < -0.3 is 25.8 Å². The van der Waals surface area contributed by atoms with E-state index in [-0.39, 0.29) is 38.6 Å². The van der Waals surface area contributed by atoms with Crippen LogP contribution in [0, 0.1) is 11.3 Å². The number of carbonyl (C=O) groups is 4. The molecule has 0 aromatic heterocycles. The van der Waals surface area contributed by atoms with E-state index in [2.05, 4.69) is 16.0 Å². The molecule has 3 N–H and O–H groups in total. The van der Waals surface area contributed by atoms with Gasteiger partial charge in [-0.3, -0.25) is 19.2 Å². The quantitative estimate of drug-likeness (QED) is 0.413. The van der Waals surface area contributed by atoms with Crippen LogP contribution in [-0.4, -0.2) is 92.2 Å². The minimum absolute atomic E-state index is 0.0218. The smallest absolute Gasteiger partial charge is 0.269 e. The molecule has 2 heterocycles. The van der Waals surface area contributed by atoms with Gasteiger partial charge in [-0.05, 0) is 32.4 Å². The number of likely N-dealkylation sites (tertiary alicyclic amines) is 2. The number of halogens is 2. The standard InChI is InChI=1S/C19H31F2N5O4/c1-13(2)6-14(24-15(28)7-22-12-27)17(30)23-8-16(29)26-9-18(10-26)4-5-25(3)11-19(18,20)21/h12-14H,4-11H2,1-3H3,(H,22,27)(H,23,30)(H,24,28). The van der Waals surface area contributed by atoms with Crippen molar-refractivity contribution >= 4 is 24.1 Å². The summed E-state index contributed by atoms with van der Waals surface area (Å²) in [6.45, 7) is 3.37. The maximum absolute atomic E-state index is 14.4. The molecule has 2 saturated heterocycles.